The highest BCUT2D eigenvalue weighted by Crippen LogP contribution is 2.18. The minimum absolute atomic E-state index is 0.0712. The summed E-state index contributed by atoms with van der Waals surface area (Å²) in [5.41, 5.74) is 0. The first-order chi connectivity index (χ1) is 10.6. The number of unbranched alkanes of at least 4 members (excludes halogenated alkanes) is 9. The van der Waals surface area contributed by atoms with E-state index in [2.05, 4.69) is 6.92 Å². The van der Waals surface area contributed by atoms with Gasteiger partial charge in [-0.05, 0) is 19.3 Å². The van der Waals surface area contributed by atoms with Gasteiger partial charge in [0.2, 0.25) is 0 Å². The summed E-state index contributed by atoms with van der Waals surface area (Å²) in [6, 6.07) is 0. The van der Waals surface area contributed by atoms with Gasteiger partial charge < -0.3 is 10.2 Å². The quantitative estimate of drug-likeness (QED) is 0.381. The van der Waals surface area contributed by atoms with Gasteiger partial charge >= 0.3 is 11.9 Å². The lowest BCUT2D eigenvalue weighted by Gasteiger charge is -2.11. The third-order valence-electron chi connectivity index (χ3n) is 4.20. The molecule has 0 aliphatic rings. The second-order valence-corrected chi connectivity index (χ2v) is 6.29. The highest BCUT2D eigenvalue weighted by atomic mass is 16.4. The van der Waals surface area contributed by atoms with Crippen molar-refractivity contribution in [1.29, 1.82) is 0 Å². The Kier molecular flexibility index (Phi) is 14.1. The molecule has 0 saturated heterocycles. The van der Waals surface area contributed by atoms with Crippen LogP contribution in [0.1, 0.15) is 96.8 Å². The summed E-state index contributed by atoms with van der Waals surface area (Å²) >= 11 is 0. The molecule has 4 heteroatoms. The molecule has 0 aliphatic carbocycles. The van der Waals surface area contributed by atoms with Gasteiger partial charge in [-0.15, -0.1) is 0 Å². The van der Waals surface area contributed by atoms with Crippen LogP contribution in [0.3, 0.4) is 0 Å². The zero-order valence-electron chi connectivity index (χ0n) is 14.2. The van der Waals surface area contributed by atoms with Crippen LogP contribution >= 0.6 is 0 Å². The summed E-state index contributed by atoms with van der Waals surface area (Å²) in [6.45, 7) is 2.23. The van der Waals surface area contributed by atoms with E-state index in [-0.39, 0.29) is 12.3 Å². The van der Waals surface area contributed by atoms with Crippen molar-refractivity contribution in [2.24, 2.45) is 5.92 Å². The molecule has 130 valence electrons. The van der Waals surface area contributed by atoms with Crippen molar-refractivity contribution in [3.63, 3.8) is 0 Å². The lowest BCUT2D eigenvalue weighted by Crippen LogP contribution is -2.14. The van der Waals surface area contributed by atoms with Crippen molar-refractivity contribution in [2.75, 3.05) is 0 Å². The first-order valence-electron chi connectivity index (χ1n) is 9.02. The predicted molar refractivity (Wildman–Crippen MR) is 89.1 cm³/mol. The fourth-order valence-corrected chi connectivity index (χ4v) is 2.77. The van der Waals surface area contributed by atoms with Gasteiger partial charge in [-0.25, -0.2) is 0 Å². The normalized spacial score (nSPS) is 12.2. The summed E-state index contributed by atoms with van der Waals surface area (Å²) in [5, 5.41) is 17.7. The van der Waals surface area contributed by atoms with Crippen LogP contribution in [0.2, 0.25) is 0 Å². The van der Waals surface area contributed by atoms with Crippen LogP contribution in [0, 0.1) is 5.92 Å². The van der Waals surface area contributed by atoms with E-state index in [0.29, 0.717) is 19.3 Å². The van der Waals surface area contributed by atoms with E-state index in [1.807, 2.05) is 0 Å². The third-order valence-corrected chi connectivity index (χ3v) is 4.20. The number of aliphatic carboxylic acids is 2. The van der Waals surface area contributed by atoms with E-state index in [9.17, 15) is 9.59 Å². The number of carboxylic acid groups (broad SMARTS) is 2. The summed E-state index contributed by atoms with van der Waals surface area (Å²) in [7, 11) is 0. The van der Waals surface area contributed by atoms with Crippen LogP contribution in [-0.4, -0.2) is 22.2 Å². The molecule has 0 aliphatic heterocycles. The number of hydrogen-bond donors (Lipinski definition) is 2. The molecule has 0 saturated carbocycles. The van der Waals surface area contributed by atoms with Crippen LogP contribution in [0.5, 0.6) is 0 Å². The largest absolute Gasteiger partial charge is 0.481 e. The Bertz CT molecular complexity index is 289. The standard InChI is InChI=1S/C18H34O4/c1-2-3-4-5-6-7-8-9-10-11-13-16(18(21)22)14-12-15-17(19)20/h16H,2-15H2,1H3,(H,19,20)(H,21,22). The zero-order chi connectivity index (χ0) is 16.6. The summed E-state index contributed by atoms with van der Waals surface area (Å²) in [5.74, 6) is -1.99. The van der Waals surface area contributed by atoms with Crippen LogP contribution in [-0.2, 0) is 9.59 Å². The summed E-state index contributed by atoms with van der Waals surface area (Å²) in [6.07, 6.45) is 14.1. The maximum absolute atomic E-state index is 11.1. The summed E-state index contributed by atoms with van der Waals surface area (Å²) < 4.78 is 0. The van der Waals surface area contributed by atoms with E-state index in [0.717, 1.165) is 12.8 Å². The lowest BCUT2D eigenvalue weighted by atomic mass is 9.95. The Hall–Kier alpha value is -1.06. The molecule has 0 aromatic carbocycles. The number of rotatable bonds is 16. The van der Waals surface area contributed by atoms with Gasteiger partial charge in [0.05, 0.1) is 5.92 Å². The molecule has 0 bridgehead atoms. The van der Waals surface area contributed by atoms with Gasteiger partial charge in [-0.1, -0.05) is 71.1 Å². The Balaban J connectivity index is 3.48. The zero-order valence-corrected chi connectivity index (χ0v) is 14.2. The van der Waals surface area contributed by atoms with Crippen LogP contribution in [0.4, 0.5) is 0 Å². The van der Waals surface area contributed by atoms with Gasteiger partial charge in [-0.3, -0.25) is 9.59 Å². The maximum Gasteiger partial charge on any atom is 0.306 e. The molecule has 0 amide bonds. The average Bonchev–Trinajstić information content (AvgIpc) is 2.46. The second kappa shape index (κ2) is 14.9. The van der Waals surface area contributed by atoms with Crippen LogP contribution in [0.25, 0.3) is 0 Å². The molecule has 0 spiro atoms. The van der Waals surface area contributed by atoms with Gasteiger partial charge in [0.15, 0.2) is 0 Å². The van der Waals surface area contributed by atoms with Gasteiger partial charge in [0.25, 0.3) is 0 Å². The molecule has 0 aromatic rings. The molecule has 0 rings (SSSR count). The highest BCUT2D eigenvalue weighted by molar-refractivity contribution is 5.70. The number of carbonyl (C=O) groups is 2. The first-order valence-corrected chi connectivity index (χ1v) is 9.02. The molecule has 0 aromatic heterocycles. The van der Waals surface area contributed by atoms with Crippen LogP contribution < -0.4 is 0 Å². The molecule has 0 radical (unpaired) electrons. The van der Waals surface area contributed by atoms with E-state index in [1.54, 1.807) is 0 Å². The van der Waals surface area contributed by atoms with Crippen molar-refractivity contribution in [3.8, 4) is 0 Å². The van der Waals surface area contributed by atoms with Gasteiger partial charge in [0, 0.05) is 6.42 Å². The molecule has 1 unspecified atom stereocenters. The lowest BCUT2D eigenvalue weighted by molar-refractivity contribution is -0.143. The minimum Gasteiger partial charge on any atom is -0.481 e. The van der Waals surface area contributed by atoms with E-state index >= 15 is 0 Å². The molecule has 4 nitrogen and oxygen atoms in total. The fraction of sp³-hybridized carbons (Fsp3) is 0.889. The van der Waals surface area contributed by atoms with Crippen molar-refractivity contribution in [1.82, 2.24) is 0 Å². The molecular weight excluding hydrogens is 280 g/mol. The Morgan fingerprint density at radius 3 is 1.64 bits per heavy atom. The highest BCUT2D eigenvalue weighted by Gasteiger charge is 2.16. The Morgan fingerprint density at radius 1 is 0.727 bits per heavy atom. The monoisotopic (exact) mass is 314 g/mol. The molecule has 0 heterocycles. The number of hydrogen-bond acceptors (Lipinski definition) is 2. The first kappa shape index (κ1) is 20.9. The maximum atomic E-state index is 11.1. The van der Waals surface area contributed by atoms with Crippen LogP contribution in [0.15, 0.2) is 0 Å². The Morgan fingerprint density at radius 2 is 1.18 bits per heavy atom. The SMILES string of the molecule is CCCCCCCCCCCCC(CCCC(=O)O)C(=O)O. The predicted octanol–water partition coefficient (Wildman–Crippen LogP) is 5.25. The molecular formula is C18H34O4. The number of carboxylic acids is 2. The third kappa shape index (κ3) is 13.9. The van der Waals surface area contributed by atoms with Crippen molar-refractivity contribution >= 4 is 11.9 Å². The molecule has 1 atom stereocenters. The fourth-order valence-electron chi connectivity index (χ4n) is 2.77. The van der Waals surface area contributed by atoms with Gasteiger partial charge in [0.1, 0.15) is 0 Å². The Labute approximate surface area is 135 Å². The van der Waals surface area contributed by atoms with E-state index < -0.39 is 11.9 Å². The van der Waals surface area contributed by atoms with Gasteiger partial charge in [-0.2, -0.15) is 0 Å². The molecule has 0 fully saturated rings. The smallest absolute Gasteiger partial charge is 0.306 e. The summed E-state index contributed by atoms with van der Waals surface area (Å²) in [4.78, 5) is 21.6. The van der Waals surface area contributed by atoms with E-state index in [4.69, 9.17) is 10.2 Å². The molecule has 22 heavy (non-hydrogen) atoms. The van der Waals surface area contributed by atoms with E-state index in [1.165, 1.54) is 51.4 Å². The minimum atomic E-state index is -0.844. The second-order valence-electron chi connectivity index (χ2n) is 6.29. The van der Waals surface area contributed by atoms with Crippen molar-refractivity contribution < 1.29 is 19.8 Å². The molecule has 2 N–H and O–H groups in total. The van der Waals surface area contributed by atoms with Crippen molar-refractivity contribution in [2.45, 2.75) is 96.8 Å². The topological polar surface area (TPSA) is 74.6 Å². The average molecular weight is 314 g/mol. The van der Waals surface area contributed by atoms with Crippen molar-refractivity contribution in [3.05, 3.63) is 0 Å².